The number of ether oxygens (including phenoxy) is 1. The fraction of sp³-hybridized carbons (Fsp3) is 0.300. The molecule has 0 unspecified atom stereocenters. The first-order chi connectivity index (χ1) is 19.2. The van der Waals surface area contributed by atoms with Gasteiger partial charge in [0.25, 0.3) is 0 Å². The molecule has 4 rings (SSSR count). The van der Waals surface area contributed by atoms with Crippen LogP contribution < -0.4 is 19.7 Å². The van der Waals surface area contributed by atoms with Crippen molar-refractivity contribution < 1.29 is 22.3 Å². The molecular weight excluding hydrogens is 531 g/mol. The van der Waals surface area contributed by atoms with Gasteiger partial charge in [0, 0.05) is 50.0 Å². The molecule has 210 valence electrons. The molecule has 10 heteroatoms. The van der Waals surface area contributed by atoms with Crippen molar-refractivity contribution in [3.05, 3.63) is 84.2 Å². The summed E-state index contributed by atoms with van der Waals surface area (Å²) in [6.45, 7) is 2.84. The summed E-state index contributed by atoms with van der Waals surface area (Å²) in [5.41, 5.74) is 2.24. The number of nitrogens with zero attached hydrogens (tertiary/aromatic N) is 2. The van der Waals surface area contributed by atoms with Crippen LogP contribution >= 0.6 is 0 Å². The smallest absolute Gasteiger partial charge is 0.322 e. The Morgan fingerprint density at radius 1 is 1.02 bits per heavy atom. The quantitative estimate of drug-likeness (QED) is 0.331. The molecule has 0 radical (unpaired) electrons. The summed E-state index contributed by atoms with van der Waals surface area (Å²) in [7, 11) is -3.32. The van der Waals surface area contributed by atoms with Crippen LogP contribution in [0.4, 0.5) is 20.6 Å². The number of carbonyl (C=O) groups excluding carboxylic acids is 1. The molecule has 1 saturated heterocycles. The standard InChI is InChI=1S/C30H33FN4O4S/c1-3-4-19-35(27-11-7-24(31)8-12-27)30(36)32-25-17-20-34(21-18-25)22-23-5-13-28(14-6-23)39-29-15-9-26(10-16-29)33-40(2,37)38/h1,5-16,25,33H,4,17-22H2,2H3,(H,32,36). The topological polar surface area (TPSA) is 91.0 Å². The summed E-state index contributed by atoms with van der Waals surface area (Å²) in [5, 5.41) is 3.12. The molecule has 8 nitrogen and oxygen atoms in total. The van der Waals surface area contributed by atoms with Crippen LogP contribution in [0.2, 0.25) is 0 Å². The Labute approximate surface area is 235 Å². The lowest BCUT2D eigenvalue weighted by Gasteiger charge is -2.33. The summed E-state index contributed by atoms with van der Waals surface area (Å²) in [5.74, 6) is 3.49. The van der Waals surface area contributed by atoms with Crippen molar-refractivity contribution in [3.8, 4) is 23.8 Å². The number of terminal acetylenes is 1. The van der Waals surface area contributed by atoms with Crippen LogP contribution in [0.15, 0.2) is 72.8 Å². The zero-order valence-electron chi connectivity index (χ0n) is 22.3. The second-order valence-electron chi connectivity index (χ2n) is 9.73. The van der Waals surface area contributed by atoms with Crippen molar-refractivity contribution in [3.63, 3.8) is 0 Å². The molecule has 0 aliphatic carbocycles. The number of sulfonamides is 1. The first kappa shape index (κ1) is 28.9. The fourth-order valence-corrected chi connectivity index (χ4v) is 5.06. The number of hydrogen-bond acceptors (Lipinski definition) is 5. The van der Waals surface area contributed by atoms with Crippen molar-refractivity contribution in [1.29, 1.82) is 0 Å². The highest BCUT2D eigenvalue weighted by molar-refractivity contribution is 7.92. The van der Waals surface area contributed by atoms with Gasteiger partial charge < -0.3 is 10.1 Å². The van der Waals surface area contributed by atoms with Crippen LogP contribution in [0.1, 0.15) is 24.8 Å². The van der Waals surface area contributed by atoms with Crippen LogP contribution in [-0.4, -0.2) is 51.3 Å². The molecule has 3 aromatic carbocycles. The number of rotatable bonds is 10. The van der Waals surface area contributed by atoms with Gasteiger partial charge in [-0.05, 0) is 79.1 Å². The van der Waals surface area contributed by atoms with E-state index >= 15 is 0 Å². The van der Waals surface area contributed by atoms with Crippen LogP contribution in [0, 0.1) is 18.2 Å². The lowest BCUT2D eigenvalue weighted by atomic mass is 10.0. The van der Waals surface area contributed by atoms with Crippen LogP contribution in [-0.2, 0) is 16.6 Å². The monoisotopic (exact) mass is 564 g/mol. The van der Waals surface area contributed by atoms with Crippen molar-refractivity contribution >= 4 is 27.4 Å². The number of urea groups is 1. The van der Waals surface area contributed by atoms with E-state index in [0.29, 0.717) is 35.8 Å². The van der Waals surface area contributed by atoms with Gasteiger partial charge in [0.05, 0.1) is 6.26 Å². The van der Waals surface area contributed by atoms with Gasteiger partial charge in [-0.15, -0.1) is 12.3 Å². The summed E-state index contributed by atoms with van der Waals surface area (Å²) in [6, 6.07) is 20.2. The molecule has 2 N–H and O–H groups in total. The van der Waals surface area contributed by atoms with E-state index < -0.39 is 10.0 Å². The Morgan fingerprint density at radius 2 is 1.62 bits per heavy atom. The molecule has 0 saturated carbocycles. The Morgan fingerprint density at radius 3 is 2.20 bits per heavy atom. The molecular formula is C30H33FN4O4S. The van der Waals surface area contributed by atoms with E-state index in [-0.39, 0.29) is 17.9 Å². The normalized spacial score (nSPS) is 14.2. The Kier molecular flexibility index (Phi) is 9.64. The molecule has 0 bridgehead atoms. The summed E-state index contributed by atoms with van der Waals surface area (Å²) in [4.78, 5) is 16.9. The lowest BCUT2D eigenvalue weighted by Crippen LogP contribution is -2.49. The number of likely N-dealkylation sites (tertiary alicyclic amines) is 1. The van der Waals surface area contributed by atoms with Gasteiger partial charge in [-0.1, -0.05) is 12.1 Å². The first-order valence-corrected chi connectivity index (χ1v) is 14.9. The third-order valence-corrected chi connectivity index (χ3v) is 7.11. The average Bonchev–Trinajstić information content (AvgIpc) is 2.92. The SMILES string of the molecule is C#CCCN(C(=O)NC1CCN(Cc2ccc(Oc3ccc(NS(C)(=O)=O)cc3)cc2)CC1)c1ccc(F)cc1. The number of piperidine rings is 1. The third-order valence-electron chi connectivity index (χ3n) is 6.50. The summed E-state index contributed by atoms with van der Waals surface area (Å²) >= 11 is 0. The van der Waals surface area contributed by atoms with Gasteiger partial charge >= 0.3 is 6.03 Å². The van der Waals surface area contributed by atoms with E-state index in [9.17, 15) is 17.6 Å². The highest BCUT2D eigenvalue weighted by Crippen LogP contribution is 2.25. The summed E-state index contributed by atoms with van der Waals surface area (Å²) in [6.07, 6.45) is 8.56. The van der Waals surface area contributed by atoms with E-state index in [2.05, 4.69) is 20.9 Å². The maximum Gasteiger partial charge on any atom is 0.322 e. The molecule has 0 aromatic heterocycles. The maximum absolute atomic E-state index is 13.4. The number of nitrogens with one attached hydrogen (secondary N) is 2. The predicted octanol–water partition coefficient (Wildman–Crippen LogP) is 5.19. The average molecular weight is 565 g/mol. The van der Waals surface area contributed by atoms with E-state index in [1.54, 1.807) is 41.3 Å². The molecule has 40 heavy (non-hydrogen) atoms. The largest absolute Gasteiger partial charge is 0.457 e. The van der Waals surface area contributed by atoms with E-state index in [1.165, 1.54) is 12.1 Å². The zero-order valence-corrected chi connectivity index (χ0v) is 23.2. The molecule has 1 fully saturated rings. The Bertz CT molecular complexity index is 1410. The highest BCUT2D eigenvalue weighted by Gasteiger charge is 2.24. The van der Waals surface area contributed by atoms with Gasteiger partial charge in [-0.25, -0.2) is 17.6 Å². The van der Waals surface area contributed by atoms with Crippen molar-refractivity contribution in [1.82, 2.24) is 10.2 Å². The second kappa shape index (κ2) is 13.3. The van der Waals surface area contributed by atoms with E-state index in [0.717, 1.165) is 44.3 Å². The van der Waals surface area contributed by atoms with Gasteiger partial charge in [0.1, 0.15) is 17.3 Å². The minimum Gasteiger partial charge on any atom is -0.457 e. The number of benzene rings is 3. The molecule has 1 heterocycles. The molecule has 3 aromatic rings. The molecule has 1 aliphatic rings. The lowest BCUT2D eigenvalue weighted by molar-refractivity contribution is 0.188. The van der Waals surface area contributed by atoms with E-state index in [1.807, 2.05) is 24.3 Å². The second-order valence-corrected chi connectivity index (χ2v) is 11.5. The summed E-state index contributed by atoms with van der Waals surface area (Å²) < 4.78 is 44.3. The van der Waals surface area contributed by atoms with Crippen LogP contribution in [0.25, 0.3) is 0 Å². The third kappa shape index (κ3) is 8.73. The zero-order chi connectivity index (χ0) is 28.5. The van der Waals surface area contributed by atoms with Gasteiger partial charge in [0.2, 0.25) is 10.0 Å². The number of carbonyl (C=O) groups is 1. The fourth-order valence-electron chi connectivity index (χ4n) is 4.50. The molecule has 1 aliphatic heterocycles. The Balaban J connectivity index is 1.24. The van der Waals surface area contributed by atoms with Gasteiger partial charge in [0.15, 0.2) is 0 Å². The van der Waals surface area contributed by atoms with Crippen molar-refractivity contribution in [2.24, 2.45) is 0 Å². The number of hydrogen-bond donors (Lipinski definition) is 2. The van der Waals surface area contributed by atoms with Gasteiger partial charge in [-0.3, -0.25) is 14.5 Å². The van der Waals surface area contributed by atoms with Crippen molar-refractivity contribution in [2.45, 2.75) is 31.8 Å². The minimum atomic E-state index is -3.32. The first-order valence-electron chi connectivity index (χ1n) is 13.0. The van der Waals surface area contributed by atoms with Crippen molar-refractivity contribution in [2.75, 3.05) is 35.5 Å². The predicted molar refractivity (Wildman–Crippen MR) is 155 cm³/mol. The van der Waals surface area contributed by atoms with Crippen LogP contribution in [0.3, 0.4) is 0 Å². The van der Waals surface area contributed by atoms with E-state index in [4.69, 9.17) is 11.2 Å². The molecule has 0 spiro atoms. The number of amides is 2. The number of anilines is 2. The number of halogens is 1. The maximum atomic E-state index is 13.4. The Hall–Kier alpha value is -4.07. The van der Waals surface area contributed by atoms with Crippen LogP contribution in [0.5, 0.6) is 11.5 Å². The minimum absolute atomic E-state index is 0.0485. The molecule has 0 atom stereocenters. The highest BCUT2D eigenvalue weighted by atomic mass is 32.2. The van der Waals surface area contributed by atoms with Gasteiger partial charge in [-0.2, -0.15) is 0 Å². The molecule has 2 amide bonds.